The molecule has 108 valence electrons. The third kappa shape index (κ3) is 2.46. The van der Waals surface area contributed by atoms with Crippen molar-refractivity contribution in [3.05, 3.63) is 27.4 Å². The lowest BCUT2D eigenvalue weighted by Gasteiger charge is -2.44. The molecule has 0 N–H and O–H groups in total. The van der Waals surface area contributed by atoms with E-state index in [2.05, 4.69) is 9.88 Å². The average molecular weight is 296 g/mol. The minimum absolute atomic E-state index is 0.0700. The number of halogens is 1. The zero-order valence-corrected chi connectivity index (χ0v) is 12.1. The summed E-state index contributed by atoms with van der Waals surface area (Å²) >= 11 is 5.96. The van der Waals surface area contributed by atoms with Gasteiger partial charge in [-0.15, -0.1) is 0 Å². The van der Waals surface area contributed by atoms with E-state index in [0.717, 1.165) is 19.4 Å². The molecule has 2 atom stereocenters. The highest BCUT2D eigenvalue weighted by atomic mass is 35.5. The summed E-state index contributed by atoms with van der Waals surface area (Å²) in [6.07, 6.45) is 7.12. The Morgan fingerprint density at radius 1 is 1.25 bits per heavy atom. The maximum Gasteiger partial charge on any atom is 0.311 e. The molecule has 1 aromatic heterocycles. The fourth-order valence-corrected chi connectivity index (χ4v) is 3.80. The van der Waals surface area contributed by atoms with Crippen LogP contribution >= 0.6 is 11.6 Å². The van der Waals surface area contributed by atoms with Crippen molar-refractivity contribution in [2.24, 2.45) is 5.92 Å². The smallest absolute Gasteiger partial charge is 0.311 e. The van der Waals surface area contributed by atoms with E-state index in [9.17, 15) is 10.1 Å². The average Bonchev–Trinajstić information content (AvgIpc) is 2.46. The third-order valence-electron chi connectivity index (χ3n) is 4.53. The fourth-order valence-electron chi connectivity index (χ4n) is 3.66. The first-order valence-electron chi connectivity index (χ1n) is 7.24. The molecular weight excluding hydrogens is 278 g/mol. The van der Waals surface area contributed by atoms with Crippen LogP contribution in [0.4, 0.5) is 11.5 Å². The van der Waals surface area contributed by atoms with Crippen LogP contribution in [0.2, 0.25) is 5.15 Å². The zero-order valence-electron chi connectivity index (χ0n) is 11.3. The summed E-state index contributed by atoms with van der Waals surface area (Å²) in [5, 5.41) is 11.6. The van der Waals surface area contributed by atoms with Gasteiger partial charge in [0.2, 0.25) is 5.82 Å². The van der Waals surface area contributed by atoms with Crippen LogP contribution in [0.3, 0.4) is 0 Å². The lowest BCUT2D eigenvalue weighted by molar-refractivity contribution is -0.384. The molecule has 2 aliphatic rings. The van der Waals surface area contributed by atoms with Crippen LogP contribution in [0.5, 0.6) is 0 Å². The number of rotatable bonds is 2. The Kier molecular flexibility index (Phi) is 3.78. The van der Waals surface area contributed by atoms with Crippen molar-refractivity contribution in [1.29, 1.82) is 0 Å². The molecule has 1 saturated carbocycles. The summed E-state index contributed by atoms with van der Waals surface area (Å²) < 4.78 is 0. The number of hydrogen-bond donors (Lipinski definition) is 0. The maximum absolute atomic E-state index is 11.2. The molecule has 0 aromatic carbocycles. The van der Waals surface area contributed by atoms with E-state index in [0.29, 0.717) is 22.9 Å². The van der Waals surface area contributed by atoms with Crippen molar-refractivity contribution in [2.75, 3.05) is 11.4 Å². The molecule has 1 aliphatic carbocycles. The van der Waals surface area contributed by atoms with Crippen LogP contribution in [0, 0.1) is 16.0 Å². The number of aromatic nitrogens is 1. The second-order valence-electron chi connectivity index (χ2n) is 5.68. The number of piperidine rings is 1. The summed E-state index contributed by atoms with van der Waals surface area (Å²) in [5.74, 6) is 1.11. The second-order valence-corrected chi connectivity index (χ2v) is 6.07. The Morgan fingerprint density at radius 2 is 2.00 bits per heavy atom. The lowest BCUT2D eigenvalue weighted by atomic mass is 9.78. The minimum atomic E-state index is -0.356. The first-order valence-corrected chi connectivity index (χ1v) is 7.62. The summed E-state index contributed by atoms with van der Waals surface area (Å²) in [7, 11) is 0. The third-order valence-corrected chi connectivity index (χ3v) is 4.74. The predicted octanol–water partition coefficient (Wildman–Crippen LogP) is 3.80. The zero-order chi connectivity index (χ0) is 14.1. The van der Waals surface area contributed by atoms with Crippen molar-refractivity contribution in [1.82, 2.24) is 4.98 Å². The highest BCUT2D eigenvalue weighted by molar-refractivity contribution is 6.29. The SMILES string of the molecule is O=[N+]([O-])c1ccc(Cl)nc1N1CCCC2CCCCC21. The van der Waals surface area contributed by atoms with Crippen LogP contribution in [-0.2, 0) is 0 Å². The molecule has 0 bridgehead atoms. The monoisotopic (exact) mass is 295 g/mol. The van der Waals surface area contributed by atoms with Crippen LogP contribution in [0.1, 0.15) is 38.5 Å². The van der Waals surface area contributed by atoms with E-state index < -0.39 is 0 Å². The molecule has 3 rings (SSSR count). The van der Waals surface area contributed by atoms with Crippen molar-refractivity contribution in [3.63, 3.8) is 0 Å². The largest absolute Gasteiger partial charge is 0.348 e. The van der Waals surface area contributed by atoms with Gasteiger partial charge in [0.25, 0.3) is 0 Å². The molecule has 1 aliphatic heterocycles. The van der Waals surface area contributed by atoms with E-state index in [-0.39, 0.29) is 10.6 Å². The van der Waals surface area contributed by atoms with Gasteiger partial charge in [0.1, 0.15) is 5.15 Å². The van der Waals surface area contributed by atoms with Gasteiger partial charge in [0.15, 0.2) is 0 Å². The molecule has 6 heteroatoms. The van der Waals surface area contributed by atoms with Gasteiger partial charge in [-0.2, -0.15) is 0 Å². The number of hydrogen-bond acceptors (Lipinski definition) is 4. The molecule has 0 spiro atoms. The van der Waals surface area contributed by atoms with Crippen molar-refractivity contribution >= 4 is 23.1 Å². The number of nitrogens with zero attached hydrogens (tertiary/aromatic N) is 3. The van der Waals surface area contributed by atoms with Gasteiger partial charge in [-0.25, -0.2) is 4.98 Å². The predicted molar refractivity (Wildman–Crippen MR) is 78.2 cm³/mol. The van der Waals surface area contributed by atoms with Crippen LogP contribution in [0.25, 0.3) is 0 Å². The molecule has 0 amide bonds. The van der Waals surface area contributed by atoms with E-state index in [1.807, 2.05) is 0 Å². The molecular formula is C14H18ClN3O2. The van der Waals surface area contributed by atoms with Gasteiger partial charge in [0.05, 0.1) is 4.92 Å². The molecule has 1 saturated heterocycles. The second kappa shape index (κ2) is 5.56. The molecule has 2 unspecified atom stereocenters. The van der Waals surface area contributed by atoms with Gasteiger partial charge in [-0.1, -0.05) is 24.4 Å². The lowest BCUT2D eigenvalue weighted by Crippen LogP contribution is -2.47. The summed E-state index contributed by atoms with van der Waals surface area (Å²) in [4.78, 5) is 17.3. The molecule has 0 radical (unpaired) electrons. The van der Waals surface area contributed by atoms with E-state index in [4.69, 9.17) is 11.6 Å². The fraction of sp³-hybridized carbons (Fsp3) is 0.643. The van der Waals surface area contributed by atoms with Gasteiger partial charge < -0.3 is 4.90 Å². The van der Waals surface area contributed by atoms with Crippen LogP contribution in [-0.4, -0.2) is 22.5 Å². The number of pyridine rings is 1. The summed E-state index contributed by atoms with van der Waals surface area (Å²) in [5.41, 5.74) is 0.0700. The van der Waals surface area contributed by atoms with E-state index in [1.165, 1.54) is 37.8 Å². The molecule has 20 heavy (non-hydrogen) atoms. The van der Waals surface area contributed by atoms with E-state index in [1.54, 1.807) is 0 Å². The Balaban J connectivity index is 1.98. The normalized spacial score (nSPS) is 26.1. The Hall–Kier alpha value is -1.36. The quantitative estimate of drug-likeness (QED) is 0.473. The number of nitro groups is 1. The van der Waals surface area contributed by atoms with Crippen molar-refractivity contribution in [2.45, 2.75) is 44.6 Å². The summed E-state index contributed by atoms with van der Waals surface area (Å²) in [6.45, 7) is 0.843. The highest BCUT2D eigenvalue weighted by Crippen LogP contribution is 2.40. The van der Waals surface area contributed by atoms with Crippen molar-refractivity contribution < 1.29 is 4.92 Å². The van der Waals surface area contributed by atoms with Crippen LogP contribution < -0.4 is 4.90 Å². The molecule has 1 aromatic rings. The topological polar surface area (TPSA) is 59.3 Å². The van der Waals surface area contributed by atoms with Gasteiger partial charge >= 0.3 is 5.69 Å². The number of fused-ring (bicyclic) bond motifs is 1. The Labute approximate surface area is 123 Å². The van der Waals surface area contributed by atoms with Gasteiger partial charge in [-0.3, -0.25) is 10.1 Å². The van der Waals surface area contributed by atoms with Crippen LogP contribution in [0.15, 0.2) is 12.1 Å². The van der Waals surface area contributed by atoms with E-state index >= 15 is 0 Å². The Bertz CT molecular complexity index is 521. The molecule has 2 heterocycles. The molecule has 5 nitrogen and oxygen atoms in total. The first kappa shape index (κ1) is 13.6. The maximum atomic E-state index is 11.2. The van der Waals surface area contributed by atoms with Gasteiger partial charge in [0, 0.05) is 18.7 Å². The van der Waals surface area contributed by atoms with Crippen molar-refractivity contribution in [3.8, 4) is 0 Å². The standard InChI is InChI=1S/C14H18ClN3O2/c15-13-8-7-12(18(19)20)14(16-13)17-9-3-5-10-4-1-2-6-11(10)17/h7-8,10-11H,1-6,9H2. The van der Waals surface area contributed by atoms with Gasteiger partial charge in [-0.05, 0) is 37.7 Å². The Morgan fingerprint density at radius 3 is 2.80 bits per heavy atom. The number of anilines is 1. The minimum Gasteiger partial charge on any atom is -0.348 e. The first-order chi connectivity index (χ1) is 9.66. The highest BCUT2D eigenvalue weighted by Gasteiger charge is 2.36. The summed E-state index contributed by atoms with van der Waals surface area (Å²) in [6, 6.07) is 3.35. The molecule has 2 fully saturated rings.